The second-order valence-electron chi connectivity index (χ2n) is 4.70. The Morgan fingerprint density at radius 1 is 1.28 bits per heavy atom. The number of nitrogens with zero attached hydrogens (tertiary/aromatic N) is 2. The van der Waals surface area contributed by atoms with E-state index in [1.165, 1.54) is 5.56 Å². The molecule has 0 amide bonds. The van der Waals surface area contributed by atoms with Crippen LogP contribution in [0.4, 0.5) is 5.82 Å². The van der Waals surface area contributed by atoms with Gasteiger partial charge in [0.05, 0.1) is 0 Å². The van der Waals surface area contributed by atoms with Gasteiger partial charge in [0.15, 0.2) is 0 Å². The fourth-order valence-corrected chi connectivity index (χ4v) is 1.72. The Kier molecular flexibility index (Phi) is 3.55. The third kappa shape index (κ3) is 2.83. The number of aryl methyl sites for hydroxylation is 1. The summed E-state index contributed by atoms with van der Waals surface area (Å²) in [5, 5.41) is 4.24. The minimum absolute atomic E-state index is 0.437. The molecule has 18 heavy (non-hydrogen) atoms. The molecule has 0 fully saturated rings. The first kappa shape index (κ1) is 12.5. The molecule has 0 saturated carbocycles. The summed E-state index contributed by atoms with van der Waals surface area (Å²) in [5.74, 6) is 2.03. The highest BCUT2D eigenvalue weighted by Gasteiger charge is 2.03. The summed E-state index contributed by atoms with van der Waals surface area (Å²) >= 11 is 0. The molecular weight excluding hydrogens is 226 g/mol. The molecule has 0 atom stereocenters. The van der Waals surface area contributed by atoms with Gasteiger partial charge in [-0.25, -0.2) is 0 Å². The topological polar surface area (TPSA) is 53.1 Å². The van der Waals surface area contributed by atoms with Crippen molar-refractivity contribution >= 4 is 5.82 Å². The molecule has 0 aliphatic rings. The van der Waals surface area contributed by atoms with Crippen molar-refractivity contribution in [2.75, 3.05) is 5.73 Å². The molecule has 2 N–H and O–H groups in total. The van der Waals surface area contributed by atoms with Gasteiger partial charge in [-0.15, -0.1) is 0 Å². The molecule has 4 heteroatoms. The van der Waals surface area contributed by atoms with E-state index in [0.717, 1.165) is 11.4 Å². The Morgan fingerprint density at radius 3 is 2.44 bits per heavy atom. The predicted octanol–water partition coefficient (Wildman–Crippen LogP) is 2.70. The minimum Gasteiger partial charge on any atom is -0.487 e. The monoisotopic (exact) mass is 245 g/mol. The number of hydrogen-bond donors (Lipinski definition) is 1. The van der Waals surface area contributed by atoms with Crippen LogP contribution in [0.1, 0.15) is 31.0 Å². The van der Waals surface area contributed by atoms with Crippen molar-refractivity contribution in [2.45, 2.75) is 26.4 Å². The van der Waals surface area contributed by atoms with Gasteiger partial charge in [-0.3, -0.25) is 4.68 Å². The van der Waals surface area contributed by atoms with E-state index in [2.05, 4.69) is 31.1 Å². The zero-order valence-corrected chi connectivity index (χ0v) is 11.1. The van der Waals surface area contributed by atoms with Crippen LogP contribution in [-0.4, -0.2) is 9.78 Å². The highest BCUT2D eigenvalue weighted by molar-refractivity contribution is 5.31. The SMILES string of the molecule is CC(C)c1ccc(OCc2cc(N)n(C)n2)cc1. The molecule has 4 nitrogen and oxygen atoms in total. The van der Waals surface area contributed by atoms with Crippen LogP contribution < -0.4 is 10.5 Å². The van der Waals surface area contributed by atoms with Gasteiger partial charge >= 0.3 is 0 Å². The lowest BCUT2D eigenvalue weighted by molar-refractivity contribution is 0.300. The van der Waals surface area contributed by atoms with Crippen LogP contribution >= 0.6 is 0 Å². The molecule has 2 aromatic rings. The zero-order valence-electron chi connectivity index (χ0n) is 11.1. The summed E-state index contributed by atoms with van der Waals surface area (Å²) in [6.07, 6.45) is 0. The van der Waals surface area contributed by atoms with Crippen LogP contribution in [0.15, 0.2) is 30.3 Å². The van der Waals surface area contributed by atoms with Crippen molar-refractivity contribution in [3.63, 3.8) is 0 Å². The molecule has 0 aliphatic heterocycles. The predicted molar refractivity (Wildman–Crippen MR) is 72.5 cm³/mol. The Morgan fingerprint density at radius 2 is 1.94 bits per heavy atom. The zero-order chi connectivity index (χ0) is 13.1. The Hall–Kier alpha value is -1.97. The Balaban J connectivity index is 1.97. The molecule has 0 saturated heterocycles. The maximum atomic E-state index is 5.71. The lowest BCUT2D eigenvalue weighted by atomic mass is 10.0. The van der Waals surface area contributed by atoms with Crippen LogP contribution in [0, 0.1) is 0 Å². The summed E-state index contributed by atoms with van der Waals surface area (Å²) in [7, 11) is 1.82. The summed E-state index contributed by atoms with van der Waals surface area (Å²) in [6, 6.07) is 9.98. The van der Waals surface area contributed by atoms with Gasteiger partial charge in [-0.2, -0.15) is 5.10 Å². The Bertz CT molecular complexity index is 495. The van der Waals surface area contributed by atoms with Crippen LogP contribution in [0.3, 0.4) is 0 Å². The van der Waals surface area contributed by atoms with E-state index < -0.39 is 0 Å². The van der Waals surface area contributed by atoms with E-state index in [1.54, 1.807) is 4.68 Å². The minimum atomic E-state index is 0.437. The van der Waals surface area contributed by atoms with Crippen molar-refractivity contribution < 1.29 is 4.74 Å². The van der Waals surface area contributed by atoms with E-state index in [4.69, 9.17) is 10.5 Å². The number of aromatic nitrogens is 2. The second kappa shape index (κ2) is 5.12. The normalized spacial score (nSPS) is 10.9. The average molecular weight is 245 g/mol. The standard InChI is InChI=1S/C14H19N3O/c1-10(2)11-4-6-13(7-5-11)18-9-12-8-14(15)17(3)16-12/h4-8,10H,9,15H2,1-3H3. The molecule has 0 radical (unpaired) electrons. The first-order chi connectivity index (χ1) is 8.56. The second-order valence-corrected chi connectivity index (χ2v) is 4.70. The van der Waals surface area contributed by atoms with Crippen LogP contribution in [0.25, 0.3) is 0 Å². The number of benzene rings is 1. The van der Waals surface area contributed by atoms with E-state index in [1.807, 2.05) is 25.2 Å². The van der Waals surface area contributed by atoms with E-state index in [9.17, 15) is 0 Å². The maximum Gasteiger partial charge on any atom is 0.132 e. The average Bonchev–Trinajstić information content (AvgIpc) is 2.67. The van der Waals surface area contributed by atoms with Gasteiger partial charge in [0.2, 0.25) is 0 Å². The van der Waals surface area contributed by atoms with Crippen molar-refractivity contribution in [3.05, 3.63) is 41.6 Å². The van der Waals surface area contributed by atoms with Crippen molar-refractivity contribution in [2.24, 2.45) is 7.05 Å². The highest BCUT2D eigenvalue weighted by atomic mass is 16.5. The number of nitrogens with two attached hydrogens (primary N) is 1. The van der Waals surface area contributed by atoms with Crippen molar-refractivity contribution in [1.82, 2.24) is 9.78 Å². The summed E-state index contributed by atoms with van der Waals surface area (Å²) in [5.41, 5.74) is 7.85. The summed E-state index contributed by atoms with van der Waals surface area (Å²) in [4.78, 5) is 0. The first-order valence-corrected chi connectivity index (χ1v) is 6.07. The molecule has 0 bridgehead atoms. The smallest absolute Gasteiger partial charge is 0.132 e. The van der Waals surface area contributed by atoms with Crippen LogP contribution in [-0.2, 0) is 13.7 Å². The molecule has 0 aliphatic carbocycles. The summed E-state index contributed by atoms with van der Waals surface area (Å²) in [6.45, 7) is 4.78. The number of nitrogen functional groups attached to an aromatic ring is 1. The largest absolute Gasteiger partial charge is 0.487 e. The maximum absolute atomic E-state index is 5.71. The van der Waals surface area contributed by atoms with Gasteiger partial charge in [0.25, 0.3) is 0 Å². The first-order valence-electron chi connectivity index (χ1n) is 6.07. The van der Waals surface area contributed by atoms with Gasteiger partial charge < -0.3 is 10.5 Å². The molecule has 0 spiro atoms. The molecule has 1 aromatic carbocycles. The molecule has 1 aromatic heterocycles. The van der Waals surface area contributed by atoms with Crippen molar-refractivity contribution in [1.29, 1.82) is 0 Å². The Labute approximate surface area is 107 Å². The molecular formula is C14H19N3O. The molecule has 96 valence electrons. The fourth-order valence-electron chi connectivity index (χ4n) is 1.72. The van der Waals surface area contributed by atoms with Gasteiger partial charge in [-0.05, 0) is 23.6 Å². The van der Waals surface area contributed by atoms with Gasteiger partial charge in [0, 0.05) is 13.1 Å². The third-order valence-electron chi connectivity index (χ3n) is 2.90. The molecule has 0 unspecified atom stereocenters. The molecule has 1 heterocycles. The van der Waals surface area contributed by atoms with E-state index in [-0.39, 0.29) is 0 Å². The number of hydrogen-bond acceptors (Lipinski definition) is 3. The van der Waals surface area contributed by atoms with Gasteiger partial charge in [0.1, 0.15) is 23.9 Å². The quantitative estimate of drug-likeness (QED) is 0.901. The van der Waals surface area contributed by atoms with Crippen LogP contribution in [0.5, 0.6) is 5.75 Å². The van der Waals surface area contributed by atoms with Crippen LogP contribution in [0.2, 0.25) is 0 Å². The van der Waals surface area contributed by atoms with Gasteiger partial charge in [-0.1, -0.05) is 26.0 Å². The summed E-state index contributed by atoms with van der Waals surface area (Å²) < 4.78 is 7.30. The van der Waals surface area contributed by atoms with E-state index >= 15 is 0 Å². The highest BCUT2D eigenvalue weighted by Crippen LogP contribution is 2.19. The number of ether oxygens (including phenoxy) is 1. The number of rotatable bonds is 4. The van der Waals surface area contributed by atoms with E-state index in [0.29, 0.717) is 18.3 Å². The lowest BCUT2D eigenvalue weighted by Crippen LogP contribution is -1.99. The lowest BCUT2D eigenvalue weighted by Gasteiger charge is -2.07. The fraction of sp³-hybridized carbons (Fsp3) is 0.357. The third-order valence-corrected chi connectivity index (χ3v) is 2.90. The molecule has 2 rings (SSSR count). The number of anilines is 1. The van der Waals surface area contributed by atoms with Crippen molar-refractivity contribution in [3.8, 4) is 5.75 Å².